The molecule has 0 bridgehead atoms. The van der Waals surface area contributed by atoms with Crippen LogP contribution in [0.5, 0.6) is 0 Å². The lowest BCUT2D eigenvalue weighted by Gasteiger charge is -2.35. The zero-order valence-corrected chi connectivity index (χ0v) is 14.9. The molecule has 134 valence electrons. The van der Waals surface area contributed by atoms with E-state index in [2.05, 4.69) is 25.0 Å². The van der Waals surface area contributed by atoms with Gasteiger partial charge in [0.2, 0.25) is 5.95 Å². The van der Waals surface area contributed by atoms with Crippen LogP contribution < -0.4 is 4.90 Å². The van der Waals surface area contributed by atoms with E-state index in [0.29, 0.717) is 11.2 Å². The summed E-state index contributed by atoms with van der Waals surface area (Å²) in [5.74, 6) is 0.621. The molecule has 26 heavy (non-hydrogen) atoms. The van der Waals surface area contributed by atoms with Crippen LogP contribution in [-0.2, 0) is 0 Å². The molecule has 1 aliphatic heterocycles. The van der Waals surface area contributed by atoms with Gasteiger partial charge in [-0.15, -0.1) is 0 Å². The predicted octanol–water partition coefficient (Wildman–Crippen LogP) is 1.95. The number of aromatic nitrogens is 5. The van der Waals surface area contributed by atoms with Gasteiger partial charge < -0.3 is 9.80 Å². The van der Waals surface area contributed by atoms with Crippen molar-refractivity contribution in [1.29, 1.82) is 0 Å². The fraction of sp³-hybridized carbons (Fsp3) is 0.389. The van der Waals surface area contributed by atoms with E-state index in [1.54, 1.807) is 43.4 Å². The number of hydrogen-bond acceptors (Lipinski definition) is 6. The van der Waals surface area contributed by atoms with Gasteiger partial charge in [0.05, 0.1) is 17.9 Å². The van der Waals surface area contributed by atoms with Gasteiger partial charge in [0.25, 0.3) is 5.91 Å². The Balaban J connectivity index is 1.79. The van der Waals surface area contributed by atoms with Crippen molar-refractivity contribution in [2.45, 2.75) is 25.3 Å². The van der Waals surface area contributed by atoms with E-state index < -0.39 is 0 Å². The summed E-state index contributed by atoms with van der Waals surface area (Å²) in [6.45, 7) is 0.892. The maximum atomic E-state index is 12.4. The van der Waals surface area contributed by atoms with Crippen molar-refractivity contribution < 1.29 is 4.79 Å². The molecule has 1 amide bonds. The highest BCUT2D eigenvalue weighted by Gasteiger charge is 2.29. The first-order chi connectivity index (χ1) is 12.7. The maximum absolute atomic E-state index is 12.4. The summed E-state index contributed by atoms with van der Waals surface area (Å²) in [6.07, 6.45) is 10.1. The summed E-state index contributed by atoms with van der Waals surface area (Å²) in [6, 6.07) is 3.88. The van der Waals surface area contributed by atoms with Gasteiger partial charge in [-0.25, -0.2) is 19.5 Å². The molecule has 1 aliphatic rings. The van der Waals surface area contributed by atoms with Crippen molar-refractivity contribution in [3.63, 3.8) is 0 Å². The lowest BCUT2D eigenvalue weighted by molar-refractivity contribution is 0.0829. The second kappa shape index (κ2) is 6.70. The zero-order valence-electron chi connectivity index (χ0n) is 14.9. The van der Waals surface area contributed by atoms with Gasteiger partial charge in [-0.2, -0.15) is 5.10 Å². The topological polar surface area (TPSA) is 79.5 Å². The highest BCUT2D eigenvalue weighted by Crippen LogP contribution is 2.33. The van der Waals surface area contributed by atoms with Crippen molar-refractivity contribution in [2.24, 2.45) is 0 Å². The molecule has 0 saturated carbocycles. The van der Waals surface area contributed by atoms with Crippen molar-refractivity contribution in [3.05, 3.63) is 48.2 Å². The van der Waals surface area contributed by atoms with Crippen LogP contribution in [0.25, 0.3) is 5.65 Å². The highest BCUT2D eigenvalue weighted by molar-refractivity contribution is 5.99. The SMILES string of the molecule is CN(C)C(=O)c1cnn2c([C@@H]3CCCCN3c3ncccn3)ccnc12. The van der Waals surface area contributed by atoms with Crippen molar-refractivity contribution in [3.8, 4) is 0 Å². The molecule has 0 N–H and O–H groups in total. The number of rotatable bonds is 3. The molecule has 0 spiro atoms. The molecule has 1 saturated heterocycles. The van der Waals surface area contributed by atoms with Crippen LogP contribution in [0.15, 0.2) is 36.9 Å². The Morgan fingerprint density at radius 2 is 1.96 bits per heavy atom. The van der Waals surface area contributed by atoms with Crippen LogP contribution in [-0.4, -0.2) is 56.0 Å². The summed E-state index contributed by atoms with van der Waals surface area (Å²) < 4.78 is 1.78. The first kappa shape index (κ1) is 16.4. The fourth-order valence-electron chi connectivity index (χ4n) is 3.47. The summed E-state index contributed by atoms with van der Waals surface area (Å²) in [4.78, 5) is 29.4. The third-order valence-corrected chi connectivity index (χ3v) is 4.72. The van der Waals surface area contributed by atoms with E-state index in [4.69, 9.17) is 0 Å². The molecule has 4 rings (SSSR count). The molecule has 4 heterocycles. The average Bonchev–Trinajstić information content (AvgIpc) is 3.12. The molecule has 1 fully saturated rings. The third kappa shape index (κ3) is 2.77. The summed E-state index contributed by atoms with van der Waals surface area (Å²) in [7, 11) is 3.45. The van der Waals surface area contributed by atoms with E-state index >= 15 is 0 Å². The fourth-order valence-corrected chi connectivity index (χ4v) is 3.47. The molecule has 0 aliphatic carbocycles. The molecule has 0 aromatic carbocycles. The number of carbonyl (C=O) groups is 1. The van der Waals surface area contributed by atoms with Crippen molar-refractivity contribution >= 4 is 17.5 Å². The van der Waals surface area contributed by atoms with Gasteiger partial charge in [0.15, 0.2) is 5.65 Å². The van der Waals surface area contributed by atoms with Gasteiger partial charge in [0, 0.05) is 39.2 Å². The Labute approximate surface area is 151 Å². The quantitative estimate of drug-likeness (QED) is 0.718. The maximum Gasteiger partial charge on any atom is 0.258 e. The molecule has 3 aromatic heterocycles. The minimum absolute atomic E-state index is 0.0962. The normalized spacial score (nSPS) is 17.5. The van der Waals surface area contributed by atoms with E-state index in [0.717, 1.165) is 37.4 Å². The molecule has 0 unspecified atom stereocenters. The number of nitrogens with zero attached hydrogens (tertiary/aromatic N) is 7. The number of anilines is 1. The second-order valence-electron chi connectivity index (χ2n) is 6.62. The Morgan fingerprint density at radius 1 is 1.15 bits per heavy atom. The minimum Gasteiger partial charge on any atom is -0.345 e. The largest absolute Gasteiger partial charge is 0.345 e. The zero-order chi connectivity index (χ0) is 18.1. The van der Waals surface area contributed by atoms with E-state index in [1.807, 2.05) is 12.1 Å². The van der Waals surface area contributed by atoms with Gasteiger partial charge in [0.1, 0.15) is 5.56 Å². The second-order valence-corrected chi connectivity index (χ2v) is 6.62. The smallest absolute Gasteiger partial charge is 0.258 e. The predicted molar refractivity (Wildman–Crippen MR) is 97.0 cm³/mol. The minimum atomic E-state index is -0.100. The Bertz CT molecular complexity index is 922. The van der Waals surface area contributed by atoms with Gasteiger partial charge >= 0.3 is 0 Å². The van der Waals surface area contributed by atoms with Crippen LogP contribution >= 0.6 is 0 Å². The number of piperidine rings is 1. The lowest BCUT2D eigenvalue weighted by Crippen LogP contribution is -2.35. The van der Waals surface area contributed by atoms with Crippen molar-refractivity contribution in [2.75, 3.05) is 25.5 Å². The molecular weight excluding hydrogens is 330 g/mol. The molecule has 8 nitrogen and oxygen atoms in total. The monoisotopic (exact) mass is 351 g/mol. The highest BCUT2D eigenvalue weighted by atomic mass is 16.2. The number of carbonyl (C=O) groups excluding carboxylic acids is 1. The standard InChI is InChI=1S/C18H21N7O/c1-23(2)17(26)13-12-22-25-15(7-10-19-16(13)25)14-6-3-4-11-24(14)18-20-8-5-9-21-18/h5,7-10,12,14H,3-4,6,11H2,1-2H3/t14-/m0/s1. The van der Waals surface area contributed by atoms with Crippen LogP contribution in [0.1, 0.15) is 41.4 Å². The van der Waals surface area contributed by atoms with E-state index in [9.17, 15) is 4.79 Å². The molecular formula is C18H21N7O. The average molecular weight is 351 g/mol. The van der Waals surface area contributed by atoms with Crippen molar-refractivity contribution in [1.82, 2.24) is 29.5 Å². The molecule has 3 aromatic rings. The Kier molecular flexibility index (Phi) is 4.24. The third-order valence-electron chi connectivity index (χ3n) is 4.72. The Hall–Kier alpha value is -3.03. The number of fused-ring (bicyclic) bond motifs is 1. The van der Waals surface area contributed by atoms with Gasteiger partial charge in [-0.1, -0.05) is 0 Å². The summed E-state index contributed by atoms with van der Waals surface area (Å²) in [5, 5.41) is 4.46. The van der Waals surface area contributed by atoms with E-state index in [1.165, 1.54) is 4.90 Å². The number of amides is 1. The van der Waals surface area contributed by atoms with Gasteiger partial charge in [-0.05, 0) is 31.4 Å². The van der Waals surface area contributed by atoms with Crippen LogP contribution in [0.3, 0.4) is 0 Å². The molecule has 8 heteroatoms. The first-order valence-corrected chi connectivity index (χ1v) is 8.75. The molecule has 1 atom stereocenters. The molecule has 0 radical (unpaired) electrons. The van der Waals surface area contributed by atoms with Crippen LogP contribution in [0.4, 0.5) is 5.95 Å². The first-order valence-electron chi connectivity index (χ1n) is 8.75. The lowest BCUT2D eigenvalue weighted by atomic mass is 9.99. The number of hydrogen-bond donors (Lipinski definition) is 0. The van der Waals surface area contributed by atoms with Crippen LogP contribution in [0.2, 0.25) is 0 Å². The summed E-state index contributed by atoms with van der Waals surface area (Å²) in [5.41, 5.74) is 2.09. The Morgan fingerprint density at radius 3 is 2.73 bits per heavy atom. The van der Waals surface area contributed by atoms with Crippen LogP contribution in [0, 0.1) is 0 Å². The summed E-state index contributed by atoms with van der Waals surface area (Å²) >= 11 is 0. The van der Waals surface area contributed by atoms with Gasteiger partial charge in [-0.3, -0.25) is 4.79 Å². The van der Waals surface area contributed by atoms with E-state index in [-0.39, 0.29) is 11.9 Å².